The van der Waals surface area contributed by atoms with Gasteiger partial charge in [-0.15, -0.1) is 0 Å². The van der Waals surface area contributed by atoms with Gasteiger partial charge in [0.25, 0.3) is 0 Å². The molecule has 2 rings (SSSR count). The van der Waals surface area contributed by atoms with Crippen LogP contribution in [0.3, 0.4) is 0 Å². The van der Waals surface area contributed by atoms with Crippen molar-refractivity contribution in [3.05, 3.63) is 12.2 Å². The molecule has 1 saturated carbocycles. The lowest BCUT2D eigenvalue weighted by atomic mass is 9.87. The average molecular weight is 208 g/mol. The predicted molar refractivity (Wildman–Crippen MR) is 59.5 cm³/mol. The third-order valence-electron chi connectivity index (χ3n) is 3.28. The van der Waals surface area contributed by atoms with Crippen molar-refractivity contribution in [2.75, 3.05) is 6.54 Å². The highest BCUT2D eigenvalue weighted by atomic mass is 15.2. The molecule has 1 aromatic heterocycles. The smallest absolute Gasteiger partial charge is 0.137 e. The molecule has 84 valence electrons. The van der Waals surface area contributed by atoms with Crippen molar-refractivity contribution in [2.45, 2.75) is 45.1 Å². The summed E-state index contributed by atoms with van der Waals surface area (Å²) in [6, 6.07) is 0.726. The van der Waals surface area contributed by atoms with E-state index < -0.39 is 0 Å². The fourth-order valence-corrected chi connectivity index (χ4v) is 2.21. The summed E-state index contributed by atoms with van der Waals surface area (Å²) in [5.41, 5.74) is 0. The van der Waals surface area contributed by atoms with Gasteiger partial charge in [-0.05, 0) is 31.6 Å². The van der Waals surface area contributed by atoms with Crippen molar-refractivity contribution in [3.63, 3.8) is 0 Å². The summed E-state index contributed by atoms with van der Waals surface area (Å²) in [6.07, 6.45) is 7.93. The van der Waals surface area contributed by atoms with Crippen LogP contribution in [0.5, 0.6) is 0 Å². The molecule has 1 aliphatic carbocycles. The first-order chi connectivity index (χ1) is 7.34. The summed E-state index contributed by atoms with van der Waals surface area (Å²) in [5.74, 6) is 1.91. The second kappa shape index (κ2) is 5.26. The molecule has 4 heteroatoms. The highest BCUT2D eigenvalue weighted by molar-refractivity contribution is 4.82. The van der Waals surface area contributed by atoms with Crippen molar-refractivity contribution in [1.29, 1.82) is 0 Å². The highest BCUT2D eigenvalue weighted by Gasteiger charge is 2.17. The minimum Gasteiger partial charge on any atom is -0.314 e. The molecule has 15 heavy (non-hydrogen) atoms. The first kappa shape index (κ1) is 10.6. The van der Waals surface area contributed by atoms with E-state index in [1.54, 1.807) is 6.33 Å². The molecular formula is C11H20N4. The van der Waals surface area contributed by atoms with Crippen LogP contribution in [0, 0.1) is 5.92 Å². The van der Waals surface area contributed by atoms with Crippen LogP contribution < -0.4 is 5.32 Å². The van der Waals surface area contributed by atoms with Crippen LogP contribution in [0.15, 0.2) is 6.33 Å². The zero-order valence-electron chi connectivity index (χ0n) is 9.37. The van der Waals surface area contributed by atoms with Gasteiger partial charge in [0, 0.05) is 19.0 Å². The van der Waals surface area contributed by atoms with Gasteiger partial charge in [-0.3, -0.25) is 5.10 Å². The molecule has 0 radical (unpaired) electrons. The Balaban J connectivity index is 1.62. The van der Waals surface area contributed by atoms with Gasteiger partial charge in [0.05, 0.1) is 0 Å². The number of nitrogens with one attached hydrogen (secondary N) is 2. The Morgan fingerprint density at radius 1 is 1.40 bits per heavy atom. The SMILES string of the molecule is CC1CCC(NCCc2ncn[nH]2)CC1. The van der Waals surface area contributed by atoms with E-state index in [1.165, 1.54) is 25.7 Å². The molecule has 1 aromatic rings. The number of hydrogen-bond acceptors (Lipinski definition) is 3. The van der Waals surface area contributed by atoms with Gasteiger partial charge in [-0.1, -0.05) is 6.92 Å². The molecule has 0 amide bonds. The van der Waals surface area contributed by atoms with Gasteiger partial charge in [-0.2, -0.15) is 5.10 Å². The van der Waals surface area contributed by atoms with Gasteiger partial charge in [0.1, 0.15) is 12.2 Å². The fraction of sp³-hybridized carbons (Fsp3) is 0.818. The summed E-state index contributed by atoms with van der Waals surface area (Å²) in [5, 5.41) is 10.3. The van der Waals surface area contributed by atoms with Gasteiger partial charge < -0.3 is 5.32 Å². The van der Waals surface area contributed by atoms with Gasteiger partial charge >= 0.3 is 0 Å². The van der Waals surface area contributed by atoms with Crippen LogP contribution in [0.25, 0.3) is 0 Å². The van der Waals surface area contributed by atoms with Gasteiger partial charge in [-0.25, -0.2) is 4.98 Å². The van der Waals surface area contributed by atoms with E-state index >= 15 is 0 Å². The second-order valence-electron chi connectivity index (χ2n) is 4.59. The molecule has 0 aliphatic heterocycles. The third-order valence-corrected chi connectivity index (χ3v) is 3.28. The summed E-state index contributed by atoms with van der Waals surface area (Å²) in [4.78, 5) is 4.10. The molecule has 1 fully saturated rings. The third kappa shape index (κ3) is 3.30. The molecular weight excluding hydrogens is 188 g/mol. The molecule has 2 N–H and O–H groups in total. The number of aromatic nitrogens is 3. The molecule has 0 atom stereocenters. The Kier molecular flexibility index (Phi) is 3.72. The summed E-state index contributed by atoms with van der Waals surface area (Å²) in [6.45, 7) is 3.36. The van der Waals surface area contributed by atoms with Crippen LogP contribution in [0.2, 0.25) is 0 Å². The first-order valence-corrected chi connectivity index (χ1v) is 5.92. The second-order valence-corrected chi connectivity index (χ2v) is 4.59. The zero-order valence-corrected chi connectivity index (χ0v) is 9.37. The lowest BCUT2D eigenvalue weighted by Crippen LogP contribution is -2.34. The fourth-order valence-electron chi connectivity index (χ4n) is 2.21. The van der Waals surface area contributed by atoms with Crippen LogP contribution in [-0.4, -0.2) is 27.8 Å². The maximum Gasteiger partial charge on any atom is 0.137 e. The number of H-pyrrole nitrogens is 1. The number of hydrogen-bond donors (Lipinski definition) is 2. The Morgan fingerprint density at radius 3 is 2.87 bits per heavy atom. The maximum absolute atomic E-state index is 4.10. The Labute approximate surface area is 90.9 Å². The van der Waals surface area contributed by atoms with Crippen molar-refractivity contribution < 1.29 is 0 Å². The van der Waals surface area contributed by atoms with E-state index in [4.69, 9.17) is 0 Å². The molecule has 1 heterocycles. The van der Waals surface area contributed by atoms with E-state index in [2.05, 4.69) is 27.4 Å². The normalized spacial score (nSPS) is 26.7. The van der Waals surface area contributed by atoms with Crippen molar-refractivity contribution in [3.8, 4) is 0 Å². The summed E-state index contributed by atoms with van der Waals surface area (Å²) in [7, 11) is 0. The minimum atomic E-state index is 0.726. The van der Waals surface area contributed by atoms with Crippen LogP contribution in [0.4, 0.5) is 0 Å². The van der Waals surface area contributed by atoms with Crippen LogP contribution in [0.1, 0.15) is 38.4 Å². The minimum absolute atomic E-state index is 0.726. The topological polar surface area (TPSA) is 53.6 Å². The van der Waals surface area contributed by atoms with E-state index in [-0.39, 0.29) is 0 Å². The number of nitrogens with zero attached hydrogens (tertiary/aromatic N) is 2. The average Bonchev–Trinajstić information content (AvgIpc) is 2.74. The lowest BCUT2D eigenvalue weighted by molar-refractivity contribution is 0.308. The van der Waals surface area contributed by atoms with E-state index in [0.717, 1.165) is 30.7 Å². The highest BCUT2D eigenvalue weighted by Crippen LogP contribution is 2.23. The molecule has 1 aliphatic rings. The quantitative estimate of drug-likeness (QED) is 0.788. The Bertz CT molecular complexity index is 262. The maximum atomic E-state index is 4.10. The van der Waals surface area contributed by atoms with E-state index in [1.807, 2.05) is 0 Å². The van der Waals surface area contributed by atoms with Gasteiger partial charge in [0.2, 0.25) is 0 Å². The Hall–Kier alpha value is -0.900. The van der Waals surface area contributed by atoms with Crippen molar-refractivity contribution in [2.24, 2.45) is 5.92 Å². The molecule has 0 unspecified atom stereocenters. The van der Waals surface area contributed by atoms with Crippen molar-refractivity contribution >= 4 is 0 Å². The van der Waals surface area contributed by atoms with E-state index in [9.17, 15) is 0 Å². The molecule has 4 nitrogen and oxygen atoms in total. The van der Waals surface area contributed by atoms with E-state index in [0.29, 0.717) is 0 Å². The summed E-state index contributed by atoms with van der Waals surface area (Å²) >= 11 is 0. The van der Waals surface area contributed by atoms with Crippen LogP contribution in [-0.2, 0) is 6.42 Å². The van der Waals surface area contributed by atoms with Gasteiger partial charge in [0.15, 0.2) is 0 Å². The first-order valence-electron chi connectivity index (χ1n) is 5.92. The molecule has 0 aromatic carbocycles. The predicted octanol–water partition coefficient (Wildman–Crippen LogP) is 1.52. The molecule has 0 spiro atoms. The Morgan fingerprint density at radius 2 is 2.20 bits per heavy atom. The molecule has 0 bridgehead atoms. The molecule has 0 saturated heterocycles. The number of aromatic amines is 1. The van der Waals surface area contributed by atoms with Crippen LogP contribution >= 0.6 is 0 Å². The number of rotatable bonds is 4. The summed E-state index contributed by atoms with van der Waals surface area (Å²) < 4.78 is 0. The zero-order chi connectivity index (χ0) is 10.5. The van der Waals surface area contributed by atoms with Crippen molar-refractivity contribution in [1.82, 2.24) is 20.5 Å². The lowest BCUT2D eigenvalue weighted by Gasteiger charge is -2.26. The largest absolute Gasteiger partial charge is 0.314 e. The standard InChI is InChI=1S/C11H20N4/c1-9-2-4-10(5-3-9)12-7-6-11-13-8-14-15-11/h8-10,12H,2-7H2,1H3,(H,13,14,15). The monoisotopic (exact) mass is 208 g/mol.